The summed E-state index contributed by atoms with van der Waals surface area (Å²) in [6, 6.07) is 0. The zero-order valence-electron chi connectivity index (χ0n) is 9.59. The maximum atomic E-state index is 12.7. The summed E-state index contributed by atoms with van der Waals surface area (Å²) in [5.41, 5.74) is 0. The van der Waals surface area contributed by atoms with Gasteiger partial charge in [0.2, 0.25) is 0 Å². The third-order valence-corrected chi connectivity index (χ3v) is 3.13. The molecule has 0 fully saturated rings. The lowest BCUT2D eigenvalue weighted by atomic mass is 9.98. The van der Waals surface area contributed by atoms with Crippen molar-refractivity contribution < 1.29 is 70.0 Å². The smallest absolute Gasteiger partial charge is 0.281 e. The first-order chi connectivity index (χ1) is 9.50. The van der Waals surface area contributed by atoms with Gasteiger partial charge in [0, 0.05) is 0 Å². The highest BCUT2D eigenvalue weighted by molar-refractivity contribution is 7.87. The number of halogens is 13. The molecule has 0 bridgehead atoms. The monoisotopic (exact) mass is 400 g/mol. The van der Waals surface area contributed by atoms with Gasteiger partial charge >= 0.3 is 45.2 Å². The van der Waals surface area contributed by atoms with Crippen LogP contribution in [0.5, 0.6) is 0 Å². The van der Waals surface area contributed by atoms with Gasteiger partial charge in [0.25, 0.3) is 0 Å². The van der Waals surface area contributed by atoms with Crippen LogP contribution in [0.2, 0.25) is 0 Å². The van der Waals surface area contributed by atoms with Crippen molar-refractivity contribution in [3.05, 3.63) is 0 Å². The van der Waals surface area contributed by atoms with Gasteiger partial charge in [-0.3, -0.25) is 4.55 Å². The van der Waals surface area contributed by atoms with Crippen molar-refractivity contribution in [2.45, 2.75) is 35.1 Å². The van der Waals surface area contributed by atoms with E-state index in [2.05, 4.69) is 0 Å². The Labute approximate surface area is 116 Å². The largest absolute Gasteiger partial charge is 0.460 e. The fraction of sp³-hybridized carbons (Fsp3) is 1.00. The predicted molar refractivity (Wildman–Crippen MR) is 42.3 cm³/mol. The topological polar surface area (TPSA) is 54.4 Å². The van der Waals surface area contributed by atoms with E-state index in [4.69, 9.17) is 4.55 Å². The quantitative estimate of drug-likeness (QED) is 0.567. The third-order valence-electron chi connectivity index (χ3n) is 2.23. The molecule has 23 heavy (non-hydrogen) atoms. The molecular weight excluding hydrogens is 399 g/mol. The van der Waals surface area contributed by atoms with Crippen LogP contribution in [0, 0.1) is 0 Å². The van der Waals surface area contributed by atoms with Gasteiger partial charge in [-0.2, -0.15) is 65.5 Å². The van der Waals surface area contributed by atoms with E-state index in [0.29, 0.717) is 0 Å². The maximum absolute atomic E-state index is 12.7. The fourth-order valence-corrected chi connectivity index (χ4v) is 1.37. The maximum Gasteiger partial charge on any atom is 0.460 e. The van der Waals surface area contributed by atoms with Crippen LogP contribution >= 0.6 is 0 Å². The van der Waals surface area contributed by atoms with Crippen molar-refractivity contribution >= 4 is 10.1 Å². The molecule has 0 aromatic rings. The van der Waals surface area contributed by atoms with Crippen molar-refractivity contribution in [2.24, 2.45) is 0 Å². The normalized spacial score (nSPS) is 16.6. The van der Waals surface area contributed by atoms with Gasteiger partial charge < -0.3 is 0 Å². The van der Waals surface area contributed by atoms with Crippen LogP contribution in [0.3, 0.4) is 0 Å². The molecular formula is C6HF13O3S. The van der Waals surface area contributed by atoms with Crippen molar-refractivity contribution in [2.75, 3.05) is 0 Å². The second kappa shape index (κ2) is 5.00. The molecule has 0 rings (SSSR count). The van der Waals surface area contributed by atoms with Crippen molar-refractivity contribution in [3.63, 3.8) is 0 Å². The Hall–Kier alpha value is -1.00. The van der Waals surface area contributed by atoms with Gasteiger partial charge in [-0.1, -0.05) is 0 Å². The summed E-state index contributed by atoms with van der Waals surface area (Å²) in [6.45, 7) is 0. The van der Waals surface area contributed by atoms with Gasteiger partial charge in [-0.25, -0.2) is 0 Å². The molecule has 0 radical (unpaired) electrons. The lowest BCUT2D eigenvalue weighted by Gasteiger charge is -2.38. The van der Waals surface area contributed by atoms with Crippen molar-refractivity contribution in [1.29, 1.82) is 0 Å². The first kappa shape index (κ1) is 22.0. The minimum absolute atomic E-state index is 7.52. The molecule has 0 saturated carbocycles. The summed E-state index contributed by atoms with van der Waals surface area (Å²) < 4.78 is 188. The third kappa shape index (κ3) is 2.70. The van der Waals surface area contributed by atoms with Crippen LogP contribution < -0.4 is 0 Å². The minimum atomic E-state index is -8.25. The average Bonchev–Trinajstić information content (AvgIpc) is 2.24. The van der Waals surface area contributed by atoms with Crippen LogP contribution in [0.4, 0.5) is 57.1 Å². The van der Waals surface area contributed by atoms with Crippen LogP contribution in [0.15, 0.2) is 0 Å². The summed E-state index contributed by atoms with van der Waals surface area (Å²) in [6.07, 6.45) is -7.59. The Bertz CT molecular complexity index is 559. The lowest BCUT2D eigenvalue weighted by molar-refractivity contribution is -0.433. The zero-order chi connectivity index (χ0) is 19.5. The average molecular weight is 400 g/mol. The molecule has 0 aliphatic rings. The first-order valence-electron chi connectivity index (χ1n) is 4.43. The van der Waals surface area contributed by atoms with Crippen LogP contribution in [0.1, 0.15) is 0 Å². The minimum Gasteiger partial charge on any atom is -0.281 e. The molecule has 0 amide bonds. The van der Waals surface area contributed by atoms with Gasteiger partial charge in [0.05, 0.1) is 0 Å². The molecule has 17 heteroatoms. The fourth-order valence-electron chi connectivity index (χ4n) is 0.917. The van der Waals surface area contributed by atoms with E-state index in [1.165, 1.54) is 0 Å². The molecule has 0 heterocycles. The van der Waals surface area contributed by atoms with E-state index < -0.39 is 45.2 Å². The molecule has 3 nitrogen and oxygen atoms in total. The number of hydrogen-bond donors (Lipinski definition) is 1. The molecule has 0 aliphatic heterocycles. The Kier molecular flexibility index (Phi) is 4.78. The van der Waals surface area contributed by atoms with Crippen molar-refractivity contribution in [1.82, 2.24) is 0 Å². The van der Waals surface area contributed by atoms with Gasteiger partial charge in [0.15, 0.2) is 0 Å². The van der Waals surface area contributed by atoms with Gasteiger partial charge in [0.1, 0.15) is 0 Å². The van der Waals surface area contributed by atoms with E-state index in [1.807, 2.05) is 0 Å². The number of rotatable bonds is 5. The molecule has 0 spiro atoms. The molecule has 0 atom stereocenters. The molecule has 0 unspecified atom stereocenters. The van der Waals surface area contributed by atoms with E-state index in [-0.39, 0.29) is 0 Å². The molecule has 1 N–H and O–H groups in total. The van der Waals surface area contributed by atoms with Crippen LogP contribution in [-0.2, 0) is 10.1 Å². The van der Waals surface area contributed by atoms with E-state index in [9.17, 15) is 65.5 Å². The molecule has 0 aromatic carbocycles. The molecule has 0 aromatic heterocycles. The molecule has 0 saturated heterocycles. The predicted octanol–water partition coefficient (Wildman–Crippen LogP) is 3.57. The first-order valence-corrected chi connectivity index (χ1v) is 5.87. The van der Waals surface area contributed by atoms with E-state index in [0.717, 1.165) is 0 Å². The SMILES string of the molecule is O=S(=O)(O)C(F)(F)C(F)(F)C(F)(F)C(F)(F)C(F)(F)C(F)(F)F. The van der Waals surface area contributed by atoms with Crippen LogP contribution in [0.25, 0.3) is 0 Å². The van der Waals surface area contributed by atoms with Crippen LogP contribution in [-0.4, -0.2) is 48.1 Å². The van der Waals surface area contributed by atoms with Gasteiger partial charge in [-0.15, -0.1) is 0 Å². The Morgan fingerprint density at radius 3 is 1.00 bits per heavy atom. The van der Waals surface area contributed by atoms with Gasteiger partial charge in [-0.05, 0) is 0 Å². The summed E-state index contributed by atoms with van der Waals surface area (Å²) >= 11 is 0. The van der Waals surface area contributed by atoms with E-state index in [1.54, 1.807) is 0 Å². The highest BCUT2D eigenvalue weighted by Gasteiger charge is 2.92. The van der Waals surface area contributed by atoms with E-state index >= 15 is 0 Å². The summed E-state index contributed by atoms with van der Waals surface area (Å²) in [7, 11) is -7.61. The molecule has 140 valence electrons. The highest BCUT2D eigenvalue weighted by atomic mass is 32.2. The second-order valence-corrected chi connectivity index (χ2v) is 5.25. The Balaban J connectivity index is 6.48. The standard InChI is InChI=1S/C6HF13O3S/c7-1(8,3(11,12)5(15,16)17)2(9,10)4(13,14)6(18,19)23(20,21)22/h(H,20,21,22). The Morgan fingerprint density at radius 1 is 0.522 bits per heavy atom. The number of hydrogen-bond acceptors (Lipinski definition) is 2. The summed E-state index contributed by atoms with van der Waals surface area (Å²) in [4.78, 5) is 0. The zero-order valence-corrected chi connectivity index (χ0v) is 10.4. The summed E-state index contributed by atoms with van der Waals surface area (Å²) in [5.74, 6) is -32.5. The lowest BCUT2D eigenvalue weighted by Crippen LogP contribution is -2.71. The molecule has 0 aliphatic carbocycles. The summed E-state index contributed by atoms with van der Waals surface area (Å²) in [5, 5.41) is -7.52. The number of alkyl halides is 13. The second-order valence-electron chi connectivity index (χ2n) is 3.79. The van der Waals surface area contributed by atoms with Crippen molar-refractivity contribution in [3.8, 4) is 0 Å². The Morgan fingerprint density at radius 2 is 0.783 bits per heavy atom. The highest BCUT2D eigenvalue weighted by Crippen LogP contribution is 2.60.